The number of carbonyl (C=O) groups excluding carboxylic acids is 3. The molecule has 3 amide bonds. The zero-order valence-corrected chi connectivity index (χ0v) is 27.2. The number of aryl methyl sites for hydroxylation is 1. The molecule has 0 aliphatic carbocycles. The zero-order valence-electron chi connectivity index (χ0n) is 26.5. The van der Waals surface area contributed by atoms with Gasteiger partial charge in [0.25, 0.3) is 5.91 Å². The van der Waals surface area contributed by atoms with E-state index in [0.717, 1.165) is 11.1 Å². The number of benzene rings is 2. The third kappa shape index (κ3) is 5.51. The van der Waals surface area contributed by atoms with Gasteiger partial charge in [-0.1, -0.05) is 73.1 Å². The van der Waals surface area contributed by atoms with E-state index in [1.165, 1.54) is 0 Å². The number of hydrogen-bond acceptors (Lipinski definition) is 5. The van der Waals surface area contributed by atoms with Gasteiger partial charge in [0.2, 0.25) is 11.8 Å². The Hall–Kier alpha value is -3.46. The highest BCUT2D eigenvalue weighted by Gasteiger charge is 2.80. The van der Waals surface area contributed by atoms with E-state index < -0.39 is 29.1 Å². The van der Waals surface area contributed by atoms with E-state index in [1.54, 1.807) is 32.9 Å². The van der Waals surface area contributed by atoms with Crippen molar-refractivity contribution in [2.75, 3.05) is 31.1 Å². The number of halogens is 1. The van der Waals surface area contributed by atoms with Gasteiger partial charge in [0.1, 0.15) is 11.6 Å². The molecule has 3 saturated heterocycles. The summed E-state index contributed by atoms with van der Waals surface area (Å²) in [6.07, 6.45) is 4.77. The van der Waals surface area contributed by atoms with Crippen LogP contribution in [-0.2, 0) is 25.7 Å². The molecule has 0 radical (unpaired) electrons. The average Bonchev–Trinajstić information content (AvgIpc) is 3.52. The Labute approximate surface area is 271 Å². The molecule has 1 N–H and O–H groups in total. The van der Waals surface area contributed by atoms with Crippen LogP contribution in [0.3, 0.4) is 0 Å². The van der Waals surface area contributed by atoms with Crippen molar-refractivity contribution in [1.82, 2.24) is 9.80 Å². The molecule has 3 fully saturated rings. The van der Waals surface area contributed by atoms with E-state index in [9.17, 15) is 19.5 Å². The molecular formula is C36H44ClN3O5. The largest absolute Gasteiger partial charge is 0.396 e. The molecule has 45 heavy (non-hydrogen) atoms. The van der Waals surface area contributed by atoms with Crippen molar-refractivity contribution >= 4 is 35.0 Å². The second-order valence-electron chi connectivity index (χ2n) is 12.8. The predicted octanol–water partition coefficient (Wildman–Crippen LogP) is 5.17. The summed E-state index contributed by atoms with van der Waals surface area (Å²) in [6, 6.07) is 14.2. The molecule has 3 unspecified atom stereocenters. The third-order valence-electron chi connectivity index (χ3n) is 10.0. The fourth-order valence-electron chi connectivity index (χ4n) is 7.95. The molecule has 0 aromatic heterocycles. The molecule has 5 rings (SSSR count). The molecule has 3 aliphatic heterocycles. The first-order valence-electron chi connectivity index (χ1n) is 15.8. The lowest BCUT2D eigenvalue weighted by molar-refractivity contribution is -0.151. The van der Waals surface area contributed by atoms with Crippen molar-refractivity contribution in [1.29, 1.82) is 0 Å². The Bertz CT molecular complexity index is 1450. The number of para-hydroxylation sites is 1. The lowest BCUT2D eigenvalue weighted by atomic mass is 9.62. The van der Waals surface area contributed by atoms with Crippen molar-refractivity contribution in [2.24, 2.45) is 17.8 Å². The van der Waals surface area contributed by atoms with Gasteiger partial charge in [-0.2, -0.15) is 0 Å². The minimum Gasteiger partial charge on any atom is -0.396 e. The van der Waals surface area contributed by atoms with E-state index in [0.29, 0.717) is 43.1 Å². The van der Waals surface area contributed by atoms with Crippen LogP contribution in [0.5, 0.6) is 0 Å². The van der Waals surface area contributed by atoms with Gasteiger partial charge in [0, 0.05) is 32.8 Å². The summed E-state index contributed by atoms with van der Waals surface area (Å²) >= 11 is 6.68. The van der Waals surface area contributed by atoms with Crippen LogP contribution in [0.1, 0.15) is 44.2 Å². The molecule has 9 heteroatoms. The van der Waals surface area contributed by atoms with Crippen LogP contribution in [0.2, 0.25) is 5.02 Å². The number of nitrogens with zero attached hydrogens (tertiary/aromatic N) is 3. The van der Waals surface area contributed by atoms with Crippen LogP contribution in [0, 0.1) is 24.7 Å². The van der Waals surface area contributed by atoms with Gasteiger partial charge in [0.05, 0.1) is 28.1 Å². The normalized spacial score (nSPS) is 28.2. The predicted molar refractivity (Wildman–Crippen MR) is 176 cm³/mol. The second-order valence-corrected chi connectivity index (χ2v) is 13.2. The number of ether oxygens (including phenoxy) is 1. The third-order valence-corrected chi connectivity index (χ3v) is 10.3. The molecule has 3 heterocycles. The number of aliphatic hydroxyl groups excluding tert-OH is 1. The maximum absolute atomic E-state index is 14.9. The number of anilines is 1. The highest BCUT2D eigenvalue weighted by atomic mass is 35.5. The van der Waals surface area contributed by atoms with E-state index in [2.05, 4.69) is 13.2 Å². The number of aliphatic hydroxyl groups is 1. The molecule has 6 atom stereocenters. The van der Waals surface area contributed by atoms with Crippen LogP contribution >= 0.6 is 11.6 Å². The minimum atomic E-state index is -1.21. The number of amides is 3. The summed E-state index contributed by atoms with van der Waals surface area (Å²) in [5.74, 6) is -2.47. The smallest absolute Gasteiger partial charge is 0.253 e. The summed E-state index contributed by atoms with van der Waals surface area (Å²) in [7, 11) is 0. The SMILES string of the molecule is C=CCN(Cc1ccccc1)C(=O)[C@H]1[C@H]2C(=O)N(CCCCO)C(C(=O)N(CC=C)c3c(C)cccc3Cl)C23CC(C)[C@]1(C)O3. The molecule has 0 saturated carbocycles. The number of fused-ring (bicyclic) bond motifs is 1. The van der Waals surface area contributed by atoms with Crippen LogP contribution < -0.4 is 4.90 Å². The van der Waals surface area contributed by atoms with Crippen molar-refractivity contribution in [3.05, 3.63) is 90.0 Å². The number of carbonyl (C=O) groups is 3. The van der Waals surface area contributed by atoms with Crippen molar-refractivity contribution in [2.45, 2.75) is 63.8 Å². The average molecular weight is 634 g/mol. The highest BCUT2D eigenvalue weighted by Crippen LogP contribution is 2.65. The minimum absolute atomic E-state index is 0.0284. The number of unbranched alkanes of at least 4 members (excludes halogenated alkanes) is 1. The number of likely N-dealkylation sites (tertiary alicyclic amines) is 1. The fourth-order valence-corrected chi connectivity index (χ4v) is 8.27. The summed E-state index contributed by atoms with van der Waals surface area (Å²) in [4.78, 5) is 49.1. The lowest BCUT2D eigenvalue weighted by Gasteiger charge is -2.39. The quantitative estimate of drug-likeness (QED) is 0.243. The molecule has 240 valence electrons. The molecular weight excluding hydrogens is 590 g/mol. The van der Waals surface area contributed by atoms with Gasteiger partial charge >= 0.3 is 0 Å². The monoisotopic (exact) mass is 633 g/mol. The topological polar surface area (TPSA) is 90.4 Å². The zero-order chi connectivity index (χ0) is 32.5. The van der Waals surface area contributed by atoms with Gasteiger partial charge in [0.15, 0.2) is 0 Å². The van der Waals surface area contributed by atoms with Crippen LogP contribution in [0.25, 0.3) is 0 Å². The van der Waals surface area contributed by atoms with Crippen molar-refractivity contribution in [3.8, 4) is 0 Å². The summed E-state index contributed by atoms with van der Waals surface area (Å²) in [5, 5.41) is 9.96. The molecule has 2 aromatic carbocycles. The van der Waals surface area contributed by atoms with Crippen molar-refractivity contribution < 1.29 is 24.2 Å². The van der Waals surface area contributed by atoms with Gasteiger partial charge in [-0.3, -0.25) is 14.4 Å². The van der Waals surface area contributed by atoms with Crippen LogP contribution in [0.15, 0.2) is 73.8 Å². The van der Waals surface area contributed by atoms with Gasteiger partial charge in [-0.05, 0) is 56.2 Å². The fraction of sp³-hybridized carbons (Fsp3) is 0.472. The molecule has 8 nitrogen and oxygen atoms in total. The second kappa shape index (κ2) is 13.1. The first-order chi connectivity index (χ1) is 21.5. The van der Waals surface area contributed by atoms with Crippen molar-refractivity contribution in [3.63, 3.8) is 0 Å². The van der Waals surface area contributed by atoms with E-state index >= 15 is 0 Å². The number of hydrogen-bond donors (Lipinski definition) is 1. The molecule has 3 aliphatic rings. The van der Waals surface area contributed by atoms with Crippen LogP contribution in [0.4, 0.5) is 5.69 Å². The lowest BCUT2D eigenvalue weighted by Crippen LogP contribution is -2.57. The van der Waals surface area contributed by atoms with E-state index in [4.69, 9.17) is 16.3 Å². The van der Waals surface area contributed by atoms with E-state index in [-0.39, 0.29) is 43.3 Å². The molecule has 1 spiro atoms. The van der Waals surface area contributed by atoms with Gasteiger partial charge in [-0.25, -0.2) is 0 Å². The first kappa shape index (κ1) is 32.9. The van der Waals surface area contributed by atoms with Crippen LogP contribution in [-0.4, -0.2) is 76.1 Å². The van der Waals surface area contributed by atoms with E-state index in [1.807, 2.05) is 63.2 Å². The Morgan fingerprint density at radius 3 is 2.44 bits per heavy atom. The molecule has 2 bridgehead atoms. The molecule has 2 aromatic rings. The maximum Gasteiger partial charge on any atom is 0.253 e. The van der Waals surface area contributed by atoms with Gasteiger partial charge < -0.3 is 24.5 Å². The Morgan fingerprint density at radius 1 is 1.09 bits per heavy atom. The summed E-state index contributed by atoms with van der Waals surface area (Å²) in [5.41, 5.74) is 0.187. The highest BCUT2D eigenvalue weighted by molar-refractivity contribution is 6.34. The number of rotatable bonds is 13. The Morgan fingerprint density at radius 2 is 1.80 bits per heavy atom. The first-order valence-corrected chi connectivity index (χ1v) is 16.2. The Kier molecular flexibility index (Phi) is 9.59. The summed E-state index contributed by atoms with van der Waals surface area (Å²) < 4.78 is 6.97. The summed E-state index contributed by atoms with van der Waals surface area (Å²) in [6.45, 7) is 14.7. The standard InChI is InChI=1S/C36H44ClN3O5/c1-6-18-38(23-26-15-9-8-10-16-26)32(42)28-29-33(43)40(20-11-12-21-41)31(36(29)22-25(4)35(28,5)45-36)34(44)39(19-7-2)30-24(3)14-13-17-27(30)37/h6-10,13-17,25,28-29,31,41H,1-2,11-12,18-23H2,3-5H3/t25?,28-,29+,31?,35+,36?/m1/s1. The van der Waals surface area contributed by atoms with Gasteiger partial charge in [-0.15, -0.1) is 13.2 Å². The maximum atomic E-state index is 14.9. The Balaban J connectivity index is 1.60.